The maximum atomic E-state index is 12.6. The second-order valence-electron chi connectivity index (χ2n) is 6.34. The Balaban J connectivity index is 2.06. The average Bonchev–Trinajstić information content (AvgIpc) is 2.83. The van der Waals surface area contributed by atoms with E-state index in [-0.39, 0.29) is 27.6 Å². The molecule has 0 heterocycles. The predicted octanol–water partition coefficient (Wildman–Crippen LogP) is 2.85. The summed E-state index contributed by atoms with van der Waals surface area (Å²) in [6, 6.07) is 3.55. The van der Waals surface area contributed by atoms with E-state index in [1.807, 2.05) is 0 Å². The van der Waals surface area contributed by atoms with Gasteiger partial charge in [-0.3, -0.25) is 4.79 Å². The normalized spacial score (nSPS) is 17.6. The van der Waals surface area contributed by atoms with E-state index >= 15 is 0 Å². The van der Waals surface area contributed by atoms with Gasteiger partial charge in [0.2, 0.25) is 15.9 Å². The van der Waals surface area contributed by atoms with Gasteiger partial charge in [-0.15, -0.1) is 0 Å². The van der Waals surface area contributed by atoms with E-state index in [4.69, 9.17) is 16.3 Å². The Morgan fingerprint density at radius 2 is 1.88 bits per heavy atom. The summed E-state index contributed by atoms with van der Waals surface area (Å²) < 4.78 is 32.7. The molecule has 1 fully saturated rings. The first-order valence-electron chi connectivity index (χ1n) is 8.49. The molecule has 1 aliphatic carbocycles. The molecule has 0 aliphatic heterocycles. The zero-order valence-corrected chi connectivity index (χ0v) is 16.1. The number of halogens is 1. The minimum absolute atomic E-state index is 0.0865. The van der Waals surface area contributed by atoms with Crippen molar-refractivity contribution in [2.24, 2.45) is 0 Å². The van der Waals surface area contributed by atoms with E-state index in [9.17, 15) is 13.2 Å². The molecule has 140 valence electrons. The summed E-state index contributed by atoms with van der Waals surface area (Å²) in [5.41, 5.74) is 0. The fraction of sp³-hybridized carbons (Fsp3) is 0.588. The van der Waals surface area contributed by atoms with Crippen LogP contribution in [0.3, 0.4) is 0 Å². The lowest BCUT2D eigenvalue weighted by Crippen LogP contribution is -2.47. The van der Waals surface area contributed by atoms with Crippen molar-refractivity contribution in [2.45, 2.75) is 62.4 Å². The maximum Gasteiger partial charge on any atom is 0.245 e. The van der Waals surface area contributed by atoms with E-state index in [1.165, 1.54) is 39.0 Å². The number of nitrogens with one attached hydrogen (secondary N) is 2. The number of methoxy groups -OCH3 is 1. The fourth-order valence-corrected chi connectivity index (χ4v) is 4.59. The number of hydrogen-bond acceptors (Lipinski definition) is 4. The highest BCUT2D eigenvalue weighted by Gasteiger charge is 2.26. The van der Waals surface area contributed by atoms with Gasteiger partial charge in [-0.25, -0.2) is 8.42 Å². The number of sulfonamides is 1. The second-order valence-corrected chi connectivity index (χ2v) is 8.45. The molecule has 6 nitrogen and oxygen atoms in total. The number of carbonyl (C=O) groups is 1. The molecule has 0 radical (unpaired) electrons. The van der Waals surface area contributed by atoms with E-state index in [1.54, 1.807) is 6.07 Å². The molecular formula is C17H25ClN2O4S. The van der Waals surface area contributed by atoms with Gasteiger partial charge < -0.3 is 10.1 Å². The summed E-state index contributed by atoms with van der Waals surface area (Å²) in [5, 5.41) is 3.22. The zero-order chi connectivity index (χ0) is 18.4. The lowest BCUT2D eigenvalue weighted by Gasteiger charge is -2.20. The van der Waals surface area contributed by atoms with Crippen molar-refractivity contribution >= 4 is 27.5 Å². The van der Waals surface area contributed by atoms with Crippen molar-refractivity contribution in [1.29, 1.82) is 0 Å². The first kappa shape index (κ1) is 20.0. The Hall–Kier alpha value is -1.31. The smallest absolute Gasteiger partial charge is 0.245 e. The second kappa shape index (κ2) is 8.87. The van der Waals surface area contributed by atoms with Crippen molar-refractivity contribution in [1.82, 2.24) is 10.0 Å². The van der Waals surface area contributed by atoms with Gasteiger partial charge in [-0.1, -0.05) is 37.3 Å². The molecule has 1 aliphatic rings. The molecule has 8 heteroatoms. The standard InChI is InChI=1S/C17H25ClN2O4S/c1-12(17(21)19-14-7-5-3-4-6-8-14)20-25(22,23)16-11-13(18)9-10-15(16)24-2/h9-12,14,20H,3-8H2,1-2H3,(H,19,21)/t12-/m1/s1. The van der Waals surface area contributed by atoms with Crippen LogP contribution in [0.15, 0.2) is 23.1 Å². The van der Waals surface area contributed by atoms with Crippen LogP contribution in [0.2, 0.25) is 5.02 Å². The largest absolute Gasteiger partial charge is 0.495 e. The number of amides is 1. The van der Waals surface area contributed by atoms with Gasteiger partial charge in [0.1, 0.15) is 10.6 Å². The monoisotopic (exact) mass is 388 g/mol. The number of benzene rings is 1. The lowest BCUT2D eigenvalue weighted by atomic mass is 10.1. The van der Waals surface area contributed by atoms with Gasteiger partial charge in [0.25, 0.3) is 0 Å². The average molecular weight is 389 g/mol. The van der Waals surface area contributed by atoms with Crippen LogP contribution >= 0.6 is 11.6 Å². The third-order valence-electron chi connectivity index (χ3n) is 4.34. The fourth-order valence-electron chi connectivity index (χ4n) is 2.96. The first-order valence-corrected chi connectivity index (χ1v) is 10.4. The SMILES string of the molecule is COc1ccc(Cl)cc1S(=O)(=O)N[C@H](C)C(=O)NC1CCCCCC1. The summed E-state index contributed by atoms with van der Waals surface area (Å²) in [6.45, 7) is 1.53. The molecule has 1 atom stereocenters. The van der Waals surface area contributed by atoms with E-state index < -0.39 is 16.1 Å². The topological polar surface area (TPSA) is 84.5 Å². The summed E-state index contributed by atoms with van der Waals surface area (Å²) in [7, 11) is -2.56. The molecule has 25 heavy (non-hydrogen) atoms. The highest BCUT2D eigenvalue weighted by atomic mass is 35.5. The summed E-state index contributed by atoms with van der Waals surface area (Å²) >= 11 is 5.90. The molecule has 1 aromatic rings. The van der Waals surface area contributed by atoms with Crippen molar-refractivity contribution in [2.75, 3.05) is 7.11 Å². The molecule has 1 saturated carbocycles. The molecule has 0 aromatic heterocycles. The van der Waals surface area contributed by atoms with E-state index in [2.05, 4.69) is 10.0 Å². The molecule has 0 bridgehead atoms. The van der Waals surface area contributed by atoms with Crippen LogP contribution in [0.25, 0.3) is 0 Å². The van der Waals surface area contributed by atoms with Crippen LogP contribution in [0, 0.1) is 0 Å². The lowest BCUT2D eigenvalue weighted by molar-refractivity contribution is -0.123. The van der Waals surface area contributed by atoms with Gasteiger partial charge >= 0.3 is 0 Å². The molecular weight excluding hydrogens is 364 g/mol. The van der Waals surface area contributed by atoms with Crippen molar-refractivity contribution in [3.05, 3.63) is 23.2 Å². The molecule has 0 unspecified atom stereocenters. The van der Waals surface area contributed by atoms with Crippen LogP contribution in [0.4, 0.5) is 0 Å². The minimum atomic E-state index is -3.94. The Bertz CT molecular complexity index is 701. The van der Waals surface area contributed by atoms with Gasteiger partial charge in [0.05, 0.1) is 13.2 Å². The highest BCUT2D eigenvalue weighted by Crippen LogP contribution is 2.27. The number of hydrogen-bond donors (Lipinski definition) is 2. The number of carbonyl (C=O) groups excluding carboxylic acids is 1. The van der Waals surface area contributed by atoms with Crippen LogP contribution < -0.4 is 14.8 Å². The summed E-state index contributed by atoms with van der Waals surface area (Å²) in [4.78, 5) is 12.3. The molecule has 1 amide bonds. The van der Waals surface area contributed by atoms with Crippen LogP contribution in [0.5, 0.6) is 5.75 Å². The Morgan fingerprint density at radius 1 is 1.24 bits per heavy atom. The van der Waals surface area contributed by atoms with Crippen molar-refractivity contribution in [3.8, 4) is 5.75 Å². The quantitative estimate of drug-likeness (QED) is 0.734. The highest BCUT2D eigenvalue weighted by molar-refractivity contribution is 7.89. The summed E-state index contributed by atoms with van der Waals surface area (Å²) in [6.07, 6.45) is 6.42. The Morgan fingerprint density at radius 3 is 2.48 bits per heavy atom. The zero-order valence-electron chi connectivity index (χ0n) is 14.5. The predicted molar refractivity (Wildman–Crippen MR) is 97.4 cm³/mol. The first-order chi connectivity index (χ1) is 11.8. The maximum absolute atomic E-state index is 12.6. The molecule has 0 spiro atoms. The van der Waals surface area contributed by atoms with Gasteiger partial charge in [-0.2, -0.15) is 4.72 Å². The van der Waals surface area contributed by atoms with Gasteiger partial charge in [0.15, 0.2) is 0 Å². The van der Waals surface area contributed by atoms with E-state index in [0.717, 1.165) is 25.7 Å². The van der Waals surface area contributed by atoms with Crippen LogP contribution in [-0.4, -0.2) is 33.5 Å². The Kier molecular flexibility index (Phi) is 7.10. The van der Waals surface area contributed by atoms with Crippen LogP contribution in [-0.2, 0) is 14.8 Å². The van der Waals surface area contributed by atoms with E-state index in [0.29, 0.717) is 0 Å². The van der Waals surface area contributed by atoms with Crippen molar-refractivity contribution < 1.29 is 17.9 Å². The molecule has 2 N–H and O–H groups in total. The van der Waals surface area contributed by atoms with Gasteiger partial charge in [-0.05, 0) is 38.0 Å². The summed E-state index contributed by atoms with van der Waals surface area (Å²) in [5.74, 6) is -0.148. The van der Waals surface area contributed by atoms with Crippen molar-refractivity contribution in [3.63, 3.8) is 0 Å². The van der Waals surface area contributed by atoms with Crippen LogP contribution in [0.1, 0.15) is 45.4 Å². The number of ether oxygens (including phenoxy) is 1. The molecule has 1 aromatic carbocycles. The number of rotatable bonds is 6. The van der Waals surface area contributed by atoms with Gasteiger partial charge in [0, 0.05) is 11.1 Å². The Labute approximate surface area is 154 Å². The molecule has 0 saturated heterocycles. The molecule has 2 rings (SSSR count). The third-order valence-corrected chi connectivity index (χ3v) is 6.14. The minimum Gasteiger partial charge on any atom is -0.495 e. The third kappa shape index (κ3) is 5.59.